The topological polar surface area (TPSA) is 76.9 Å². The van der Waals surface area contributed by atoms with E-state index < -0.39 is 10.0 Å². The van der Waals surface area contributed by atoms with Crippen LogP contribution in [0.4, 0.5) is 0 Å². The number of nitriles is 1. The zero-order chi connectivity index (χ0) is 14.3. The molecule has 2 aliphatic rings. The van der Waals surface area contributed by atoms with Crippen molar-refractivity contribution in [1.29, 1.82) is 5.26 Å². The van der Waals surface area contributed by atoms with Crippen molar-refractivity contribution in [3.05, 3.63) is 17.7 Å². The molecule has 20 heavy (non-hydrogen) atoms. The van der Waals surface area contributed by atoms with Crippen LogP contribution in [0.3, 0.4) is 0 Å². The molecular weight excluding hydrogens is 278 g/mol. The number of rotatable bonds is 3. The van der Waals surface area contributed by atoms with E-state index in [1.54, 1.807) is 0 Å². The van der Waals surface area contributed by atoms with Gasteiger partial charge >= 0.3 is 0 Å². The van der Waals surface area contributed by atoms with Crippen molar-refractivity contribution in [2.75, 3.05) is 32.7 Å². The van der Waals surface area contributed by atoms with Crippen LogP contribution in [0.2, 0.25) is 0 Å². The lowest BCUT2D eigenvalue weighted by Crippen LogP contribution is -2.48. The largest absolute Gasteiger partial charge is 0.448 e. The Kier molecular flexibility index (Phi) is 3.17. The molecule has 1 fully saturated rings. The molecule has 1 aromatic carbocycles. The molecule has 0 saturated carbocycles. The number of ether oxygens (including phenoxy) is 1. The molecule has 106 valence electrons. The number of hydrogen-bond acceptors (Lipinski definition) is 5. The van der Waals surface area contributed by atoms with Crippen LogP contribution in [0.25, 0.3) is 0 Å². The van der Waals surface area contributed by atoms with Crippen LogP contribution in [-0.4, -0.2) is 50.3 Å². The molecule has 0 unspecified atom stereocenters. The Bertz CT molecular complexity index is 686. The van der Waals surface area contributed by atoms with E-state index in [0.717, 1.165) is 19.6 Å². The predicted octanol–water partition coefficient (Wildman–Crippen LogP) is 0.990. The molecule has 0 aromatic heterocycles. The van der Waals surface area contributed by atoms with Gasteiger partial charge < -0.3 is 9.64 Å². The van der Waals surface area contributed by atoms with E-state index in [0.29, 0.717) is 24.6 Å². The Hall–Kier alpha value is -1.62. The maximum Gasteiger partial charge on any atom is 0.243 e. The van der Waals surface area contributed by atoms with Gasteiger partial charge in [-0.3, -0.25) is 0 Å². The average molecular weight is 293 g/mol. The van der Waals surface area contributed by atoms with Crippen molar-refractivity contribution in [2.45, 2.75) is 11.8 Å². The number of likely N-dealkylation sites (N-methyl/N-ethyl adjacent to an activating group) is 1. The Morgan fingerprint density at radius 2 is 2.00 bits per heavy atom. The highest BCUT2D eigenvalue weighted by atomic mass is 32.2. The van der Waals surface area contributed by atoms with Gasteiger partial charge in [0.05, 0.1) is 10.5 Å². The number of fused-ring (bicyclic) bond motifs is 1. The van der Waals surface area contributed by atoms with Gasteiger partial charge in [-0.1, -0.05) is 6.92 Å². The van der Waals surface area contributed by atoms with Crippen molar-refractivity contribution >= 4 is 10.0 Å². The zero-order valence-electron chi connectivity index (χ0n) is 11.2. The lowest BCUT2D eigenvalue weighted by atomic mass is 10.2. The molecule has 0 N–H and O–H groups in total. The smallest absolute Gasteiger partial charge is 0.243 e. The van der Waals surface area contributed by atoms with Gasteiger partial charge in [0, 0.05) is 32.2 Å². The highest BCUT2D eigenvalue weighted by Gasteiger charge is 2.33. The minimum Gasteiger partial charge on any atom is -0.448 e. The molecule has 1 saturated heterocycles. The summed E-state index contributed by atoms with van der Waals surface area (Å²) in [5, 5.41) is 8.97. The fourth-order valence-corrected chi connectivity index (χ4v) is 3.88. The fraction of sp³-hybridized carbons (Fsp3) is 0.462. The first kappa shape index (κ1) is 13.4. The van der Waals surface area contributed by atoms with Gasteiger partial charge in [-0.05, 0) is 12.6 Å². The monoisotopic (exact) mass is 293 g/mol. The second-order valence-corrected chi connectivity index (χ2v) is 6.79. The maximum atomic E-state index is 12.6. The van der Waals surface area contributed by atoms with Crippen LogP contribution in [0.5, 0.6) is 11.5 Å². The minimum atomic E-state index is -3.54. The summed E-state index contributed by atoms with van der Waals surface area (Å²) in [6.07, 6.45) is 0. The van der Waals surface area contributed by atoms with Crippen LogP contribution in [0.1, 0.15) is 12.5 Å². The Morgan fingerprint density at radius 1 is 1.30 bits per heavy atom. The second-order valence-electron chi connectivity index (χ2n) is 4.85. The number of nitrogens with zero attached hydrogens (tertiary/aromatic N) is 3. The Morgan fingerprint density at radius 3 is 2.60 bits per heavy atom. The highest BCUT2D eigenvalue weighted by molar-refractivity contribution is 7.89. The summed E-state index contributed by atoms with van der Waals surface area (Å²) in [5.41, 5.74) is 0.285. The number of hydrogen-bond donors (Lipinski definition) is 0. The third-order valence-corrected chi connectivity index (χ3v) is 5.61. The summed E-state index contributed by atoms with van der Waals surface area (Å²) < 4.78 is 31.7. The molecule has 0 radical (unpaired) electrons. The summed E-state index contributed by atoms with van der Waals surface area (Å²) in [6.45, 7) is 5.43. The van der Waals surface area contributed by atoms with Crippen LogP contribution in [0, 0.1) is 11.3 Å². The molecule has 0 amide bonds. The summed E-state index contributed by atoms with van der Waals surface area (Å²) in [6, 6.07) is 4.86. The van der Waals surface area contributed by atoms with Gasteiger partial charge in [0.2, 0.25) is 10.0 Å². The first-order chi connectivity index (χ1) is 9.56. The van der Waals surface area contributed by atoms with E-state index in [2.05, 4.69) is 11.8 Å². The van der Waals surface area contributed by atoms with Crippen molar-refractivity contribution in [3.8, 4) is 17.6 Å². The zero-order valence-corrected chi connectivity index (χ0v) is 12.0. The lowest BCUT2D eigenvalue weighted by molar-refractivity contribution is 0.196. The van der Waals surface area contributed by atoms with Crippen molar-refractivity contribution in [2.24, 2.45) is 0 Å². The van der Waals surface area contributed by atoms with Crippen LogP contribution >= 0.6 is 0 Å². The molecule has 0 atom stereocenters. The van der Waals surface area contributed by atoms with Gasteiger partial charge in [0.25, 0.3) is 0 Å². The van der Waals surface area contributed by atoms with Crippen LogP contribution in [-0.2, 0) is 10.0 Å². The fourth-order valence-electron chi connectivity index (χ4n) is 2.41. The first-order valence-corrected chi connectivity index (χ1v) is 7.98. The maximum absolute atomic E-state index is 12.6. The van der Waals surface area contributed by atoms with E-state index >= 15 is 0 Å². The SMILES string of the molecule is CCN1CCN(S(=O)(=O)c2cc(C#N)c3c(c2)O3)CC1. The van der Waals surface area contributed by atoms with Crippen molar-refractivity contribution in [1.82, 2.24) is 9.21 Å². The van der Waals surface area contributed by atoms with Gasteiger partial charge in [0.15, 0.2) is 11.5 Å². The van der Waals surface area contributed by atoms with Gasteiger partial charge in [-0.15, -0.1) is 0 Å². The average Bonchev–Trinajstić information content (AvgIpc) is 3.25. The van der Waals surface area contributed by atoms with E-state index in [-0.39, 0.29) is 10.5 Å². The highest BCUT2D eigenvalue weighted by Crippen LogP contribution is 2.49. The van der Waals surface area contributed by atoms with Gasteiger partial charge in [-0.25, -0.2) is 8.42 Å². The minimum absolute atomic E-state index is 0.148. The van der Waals surface area contributed by atoms with Crippen molar-refractivity contribution < 1.29 is 13.2 Å². The number of sulfonamides is 1. The quantitative estimate of drug-likeness (QED) is 0.789. The van der Waals surface area contributed by atoms with E-state index in [4.69, 9.17) is 10.00 Å². The molecule has 6 nitrogen and oxygen atoms in total. The third-order valence-electron chi connectivity index (χ3n) is 3.74. The normalized spacial score (nSPS) is 19.0. The summed E-state index contributed by atoms with van der Waals surface area (Å²) in [5.74, 6) is 0.997. The first-order valence-electron chi connectivity index (χ1n) is 6.54. The molecular formula is C13H15N3O3S. The molecule has 0 aliphatic carbocycles. The molecule has 3 rings (SSSR count). The molecule has 1 aromatic rings. The Balaban J connectivity index is 1.87. The summed E-state index contributed by atoms with van der Waals surface area (Å²) in [4.78, 5) is 2.36. The summed E-state index contributed by atoms with van der Waals surface area (Å²) in [7, 11) is -3.54. The van der Waals surface area contributed by atoms with Gasteiger partial charge in [0.1, 0.15) is 6.07 Å². The Labute approximate surface area is 118 Å². The van der Waals surface area contributed by atoms with Crippen molar-refractivity contribution in [3.63, 3.8) is 0 Å². The van der Waals surface area contributed by atoms with Gasteiger partial charge in [-0.2, -0.15) is 9.57 Å². The standard InChI is InChI=1S/C13H15N3O3S/c1-2-15-3-5-16(6-4-15)20(17,18)11-7-10(9-14)13-12(8-11)19-13/h7-8H,2-6H2,1H3. The molecule has 0 spiro atoms. The third kappa shape index (κ3) is 2.16. The molecule has 2 aliphatic heterocycles. The lowest BCUT2D eigenvalue weighted by Gasteiger charge is -2.33. The number of benzene rings is 1. The van der Waals surface area contributed by atoms with E-state index in [1.165, 1.54) is 16.4 Å². The van der Waals surface area contributed by atoms with E-state index in [9.17, 15) is 8.42 Å². The number of piperazine rings is 1. The van der Waals surface area contributed by atoms with Crippen LogP contribution < -0.4 is 4.74 Å². The predicted molar refractivity (Wildman–Crippen MR) is 72.1 cm³/mol. The second kappa shape index (κ2) is 4.74. The summed E-state index contributed by atoms with van der Waals surface area (Å²) >= 11 is 0. The van der Waals surface area contributed by atoms with E-state index in [1.807, 2.05) is 6.07 Å². The van der Waals surface area contributed by atoms with Crippen LogP contribution in [0.15, 0.2) is 17.0 Å². The molecule has 2 heterocycles. The molecule has 0 bridgehead atoms. The molecule has 7 heteroatoms.